The Bertz CT molecular complexity index is 752. The Labute approximate surface area is 153 Å². The third kappa shape index (κ3) is 5.49. The number of anilines is 2. The van der Waals surface area contributed by atoms with E-state index < -0.39 is 5.97 Å². The van der Waals surface area contributed by atoms with E-state index in [-0.39, 0.29) is 6.42 Å². The summed E-state index contributed by atoms with van der Waals surface area (Å²) in [6.45, 7) is 4.50. The molecule has 2 N–H and O–H groups in total. The number of likely N-dealkylation sites (tertiary alicyclic amines) is 1. The second-order valence-electron chi connectivity index (χ2n) is 6.84. The van der Waals surface area contributed by atoms with Crippen molar-refractivity contribution >= 4 is 17.6 Å². The maximum atomic E-state index is 10.8. The van der Waals surface area contributed by atoms with Crippen molar-refractivity contribution in [2.45, 2.75) is 32.6 Å². The predicted molar refractivity (Wildman–Crippen MR) is 99.4 cm³/mol. The number of hydrogen-bond acceptors (Lipinski definition) is 6. The van der Waals surface area contributed by atoms with Crippen LogP contribution in [0.5, 0.6) is 0 Å². The molecule has 1 aliphatic heterocycles. The first-order valence-corrected chi connectivity index (χ1v) is 9.04. The maximum absolute atomic E-state index is 10.8. The van der Waals surface area contributed by atoms with Crippen molar-refractivity contribution in [3.05, 3.63) is 42.0 Å². The van der Waals surface area contributed by atoms with Crippen LogP contribution in [-0.2, 0) is 11.2 Å². The second kappa shape index (κ2) is 8.71. The Balaban J connectivity index is 1.58. The highest BCUT2D eigenvalue weighted by molar-refractivity contribution is 5.66. The molecule has 7 heteroatoms. The van der Waals surface area contributed by atoms with Gasteiger partial charge in [-0.1, -0.05) is 6.07 Å². The van der Waals surface area contributed by atoms with Gasteiger partial charge in [-0.2, -0.15) is 0 Å². The maximum Gasteiger partial charge on any atom is 0.304 e. The minimum Gasteiger partial charge on any atom is -0.481 e. The molecule has 0 amide bonds. The molecule has 1 fully saturated rings. The molecule has 0 bridgehead atoms. The smallest absolute Gasteiger partial charge is 0.304 e. The van der Waals surface area contributed by atoms with Gasteiger partial charge in [0.15, 0.2) is 0 Å². The lowest BCUT2D eigenvalue weighted by Gasteiger charge is -2.32. The molecule has 3 rings (SSSR count). The highest BCUT2D eigenvalue weighted by atomic mass is 16.4. The molecule has 1 atom stereocenters. The fraction of sp³-hybridized carbons (Fsp3) is 0.474. The number of aromatic nitrogens is 3. The topological polar surface area (TPSA) is 91.2 Å². The number of carbonyl (C=O) groups is 1. The van der Waals surface area contributed by atoms with Crippen LogP contribution in [0.25, 0.3) is 0 Å². The van der Waals surface area contributed by atoms with Crippen LogP contribution >= 0.6 is 0 Å². The third-order valence-electron chi connectivity index (χ3n) is 4.61. The van der Waals surface area contributed by atoms with Gasteiger partial charge in [-0.25, -0.2) is 15.0 Å². The van der Waals surface area contributed by atoms with Gasteiger partial charge < -0.3 is 15.3 Å². The second-order valence-corrected chi connectivity index (χ2v) is 6.84. The number of aryl methyl sites for hydroxylation is 1. The van der Waals surface area contributed by atoms with Crippen molar-refractivity contribution in [2.75, 3.05) is 25.0 Å². The van der Waals surface area contributed by atoms with Crippen molar-refractivity contribution in [1.82, 2.24) is 19.9 Å². The normalized spacial score (nSPS) is 17.8. The quantitative estimate of drug-likeness (QED) is 0.789. The number of hydrogen-bond donors (Lipinski definition) is 2. The highest BCUT2D eigenvalue weighted by Crippen LogP contribution is 2.21. The van der Waals surface area contributed by atoms with Gasteiger partial charge in [0.2, 0.25) is 0 Å². The molecule has 2 aromatic heterocycles. The van der Waals surface area contributed by atoms with E-state index in [0.29, 0.717) is 12.5 Å². The summed E-state index contributed by atoms with van der Waals surface area (Å²) in [6.07, 6.45) is 4.92. The number of nitrogens with zero attached hydrogens (tertiary/aromatic N) is 4. The van der Waals surface area contributed by atoms with Gasteiger partial charge in [0.05, 0.1) is 6.42 Å². The number of piperidine rings is 1. The van der Waals surface area contributed by atoms with Crippen LogP contribution in [0.3, 0.4) is 0 Å². The first kappa shape index (κ1) is 18.3. The molecule has 138 valence electrons. The average molecular weight is 355 g/mol. The van der Waals surface area contributed by atoms with Crippen LogP contribution in [0.2, 0.25) is 0 Å². The lowest BCUT2D eigenvalue weighted by molar-refractivity contribution is -0.137. The van der Waals surface area contributed by atoms with Crippen LogP contribution in [0.15, 0.2) is 30.6 Å². The Morgan fingerprint density at radius 1 is 1.35 bits per heavy atom. The Kier molecular flexibility index (Phi) is 6.12. The van der Waals surface area contributed by atoms with E-state index in [1.807, 2.05) is 31.2 Å². The summed E-state index contributed by atoms with van der Waals surface area (Å²) in [7, 11) is 0. The van der Waals surface area contributed by atoms with Gasteiger partial charge in [0.25, 0.3) is 0 Å². The summed E-state index contributed by atoms with van der Waals surface area (Å²) >= 11 is 0. The molecular formula is C19H25N5O2. The minimum absolute atomic E-state index is 0.206. The summed E-state index contributed by atoms with van der Waals surface area (Å²) < 4.78 is 0. The monoisotopic (exact) mass is 355 g/mol. The zero-order valence-corrected chi connectivity index (χ0v) is 15.1. The SMILES string of the molecule is Cc1cccc(Nc2cc(CC3CCCN(CCC(=O)O)C3)ncn2)n1. The molecule has 0 aromatic carbocycles. The summed E-state index contributed by atoms with van der Waals surface area (Å²) in [5, 5.41) is 12.1. The number of rotatable bonds is 7. The zero-order chi connectivity index (χ0) is 18.4. The van der Waals surface area contributed by atoms with Gasteiger partial charge in [0, 0.05) is 30.5 Å². The molecular weight excluding hydrogens is 330 g/mol. The van der Waals surface area contributed by atoms with E-state index in [0.717, 1.165) is 55.4 Å². The van der Waals surface area contributed by atoms with Gasteiger partial charge in [-0.15, -0.1) is 0 Å². The van der Waals surface area contributed by atoms with E-state index in [2.05, 4.69) is 25.2 Å². The standard InChI is InChI=1S/C19H25N5O2/c1-14-4-2-6-17(22-14)23-18-11-16(20-13-21-18)10-15-5-3-8-24(12-15)9-7-19(25)26/h2,4,6,11,13,15H,3,5,7-10,12H2,1H3,(H,25,26)(H,20,21,22,23). The first-order valence-electron chi connectivity index (χ1n) is 9.04. The molecule has 0 radical (unpaired) electrons. The molecule has 1 saturated heterocycles. The number of aliphatic carboxylic acids is 1. The van der Waals surface area contributed by atoms with E-state index in [1.165, 1.54) is 0 Å². The van der Waals surface area contributed by atoms with Crippen LogP contribution < -0.4 is 5.32 Å². The third-order valence-corrected chi connectivity index (χ3v) is 4.61. The minimum atomic E-state index is -0.733. The summed E-state index contributed by atoms with van der Waals surface area (Å²) in [6, 6.07) is 7.80. The Morgan fingerprint density at radius 2 is 2.23 bits per heavy atom. The van der Waals surface area contributed by atoms with Crippen LogP contribution in [-0.4, -0.2) is 50.6 Å². The van der Waals surface area contributed by atoms with Crippen molar-refractivity contribution < 1.29 is 9.90 Å². The van der Waals surface area contributed by atoms with E-state index in [4.69, 9.17) is 5.11 Å². The number of pyridine rings is 1. The first-order chi connectivity index (χ1) is 12.6. The average Bonchev–Trinajstić information content (AvgIpc) is 2.61. The molecule has 2 aromatic rings. The van der Waals surface area contributed by atoms with Crippen LogP contribution in [0.4, 0.5) is 11.6 Å². The fourth-order valence-electron chi connectivity index (χ4n) is 3.39. The Hall–Kier alpha value is -2.54. The van der Waals surface area contributed by atoms with Gasteiger partial charge in [-0.3, -0.25) is 4.79 Å². The molecule has 0 aliphatic carbocycles. The van der Waals surface area contributed by atoms with E-state index in [9.17, 15) is 4.79 Å². The summed E-state index contributed by atoms with van der Waals surface area (Å²) in [5.74, 6) is 1.28. The molecule has 0 spiro atoms. The zero-order valence-electron chi connectivity index (χ0n) is 15.1. The fourth-order valence-corrected chi connectivity index (χ4v) is 3.39. The molecule has 26 heavy (non-hydrogen) atoms. The van der Waals surface area contributed by atoms with Crippen molar-refractivity contribution in [3.63, 3.8) is 0 Å². The molecule has 1 aliphatic rings. The Morgan fingerprint density at radius 3 is 3.04 bits per heavy atom. The van der Waals surface area contributed by atoms with Crippen LogP contribution in [0.1, 0.15) is 30.7 Å². The molecule has 7 nitrogen and oxygen atoms in total. The van der Waals surface area contributed by atoms with Gasteiger partial charge in [-0.05, 0) is 50.8 Å². The van der Waals surface area contributed by atoms with E-state index in [1.54, 1.807) is 6.33 Å². The van der Waals surface area contributed by atoms with E-state index >= 15 is 0 Å². The summed E-state index contributed by atoms with van der Waals surface area (Å²) in [4.78, 5) is 26.1. The molecule has 0 saturated carbocycles. The molecule has 3 heterocycles. The number of carboxylic acids is 1. The van der Waals surface area contributed by atoms with Crippen LogP contribution in [0, 0.1) is 12.8 Å². The summed E-state index contributed by atoms with van der Waals surface area (Å²) in [5.41, 5.74) is 1.95. The lowest BCUT2D eigenvalue weighted by atomic mass is 9.93. The van der Waals surface area contributed by atoms with Crippen molar-refractivity contribution in [1.29, 1.82) is 0 Å². The van der Waals surface area contributed by atoms with Gasteiger partial charge >= 0.3 is 5.97 Å². The highest BCUT2D eigenvalue weighted by Gasteiger charge is 2.21. The number of carboxylic acid groups (broad SMARTS) is 1. The van der Waals surface area contributed by atoms with Gasteiger partial charge in [0.1, 0.15) is 18.0 Å². The van der Waals surface area contributed by atoms with Crippen molar-refractivity contribution in [2.24, 2.45) is 5.92 Å². The predicted octanol–water partition coefficient (Wildman–Crippen LogP) is 2.65. The van der Waals surface area contributed by atoms with Crippen molar-refractivity contribution in [3.8, 4) is 0 Å². The largest absolute Gasteiger partial charge is 0.481 e. The molecule has 1 unspecified atom stereocenters. The number of nitrogens with one attached hydrogen (secondary N) is 1. The lowest BCUT2D eigenvalue weighted by Crippen LogP contribution is -2.37.